The third-order valence-corrected chi connectivity index (χ3v) is 4.79. The van der Waals surface area contributed by atoms with Gasteiger partial charge < -0.3 is 20.4 Å². The lowest BCUT2D eigenvalue weighted by molar-refractivity contribution is -0.125. The molecule has 2 aliphatic rings. The molecule has 3 amide bonds. The van der Waals surface area contributed by atoms with Crippen LogP contribution in [0.5, 0.6) is 0 Å². The maximum Gasteiger partial charge on any atom is 0.318 e. The van der Waals surface area contributed by atoms with Crippen molar-refractivity contribution in [3.8, 4) is 0 Å². The highest BCUT2D eigenvalue weighted by molar-refractivity contribution is 5.87. The van der Waals surface area contributed by atoms with Gasteiger partial charge >= 0.3 is 6.03 Å². The zero-order valence-corrected chi connectivity index (χ0v) is 13.8. The minimum absolute atomic E-state index is 0.105. The number of benzene rings is 1. The number of piperidine rings is 1. The molecular formula is C17H23FN4O2. The Morgan fingerprint density at radius 3 is 2.50 bits per heavy atom. The molecule has 0 aliphatic carbocycles. The summed E-state index contributed by atoms with van der Waals surface area (Å²) in [5, 5.41) is 5.65. The van der Waals surface area contributed by atoms with Gasteiger partial charge in [-0.3, -0.25) is 4.79 Å². The summed E-state index contributed by atoms with van der Waals surface area (Å²) in [6, 6.07) is 5.73. The highest BCUT2D eigenvalue weighted by Crippen LogP contribution is 2.17. The molecule has 2 N–H and O–H groups in total. The second-order valence-corrected chi connectivity index (χ2v) is 6.43. The van der Waals surface area contributed by atoms with Gasteiger partial charge in [0.2, 0.25) is 5.91 Å². The van der Waals surface area contributed by atoms with Gasteiger partial charge in [-0.15, -0.1) is 0 Å². The van der Waals surface area contributed by atoms with Crippen LogP contribution in [0.25, 0.3) is 0 Å². The number of carbonyl (C=O) groups excluding carboxylic acids is 2. The molecule has 7 heteroatoms. The Hall–Kier alpha value is -2.31. The number of anilines is 1. The van der Waals surface area contributed by atoms with Crippen LogP contribution in [0.15, 0.2) is 24.3 Å². The molecule has 0 bridgehead atoms. The summed E-state index contributed by atoms with van der Waals surface area (Å²) in [5.41, 5.74) is 0.955. The molecule has 24 heavy (non-hydrogen) atoms. The fourth-order valence-electron chi connectivity index (χ4n) is 3.21. The van der Waals surface area contributed by atoms with Crippen LogP contribution < -0.4 is 15.5 Å². The van der Waals surface area contributed by atoms with E-state index in [1.165, 1.54) is 12.1 Å². The van der Waals surface area contributed by atoms with Gasteiger partial charge in [0, 0.05) is 38.4 Å². The van der Waals surface area contributed by atoms with Crippen molar-refractivity contribution in [1.29, 1.82) is 0 Å². The predicted molar refractivity (Wildman–Crippen MR) is 89.3 cm³/mol. The van der Waals surface area contributed by atoms with E-state index in [0.29, 0.717) is 32.7 Å². The van der Waals surface area contributed by atoms with E-state index in [9.17, 15) is 14.0 Å². The summed E-state index contributed by atoms with van der Waals surface area (Å²) < 4.78 is 13.0. The lowest BCUT2D eigenvalue weighted by atomic mass is 9.94. The SMILES string of the molecule is CC1CCNC(=O)C1NC(=O)N1CCN(c2ccc(F)cc2)CC1. The first-order valence-corrected chi connectivity index (χ1v) is 8.38. The monoisotopic (exact) mass is 334 g/mol. The van der Waals surface area contributed by atoms with Crippen LogP contribution in [0, 0.1) is 11.7 Å². The summed E-state index contributed by atoms with van der Waals surface area (Å²) in [6.45, 7) is 5.17. The van der Waals surface area contributed by atoms with Gasteiger partial charge in [-0.25, -0.2) is 9.18 Å². The number of hydrogen-bond acceptors (Lipinski definition) is 3. The normalized spacial score (nSPS) is 24.5. The summed E-state index contributed by atoms with van der Waals surface area (Å²) in [6.07, 6.45) is 0.870. The summed E-state index contributed by atoms with van der Waals surface area (Å²) in [7, 11) is 0. The third kappa shape index (κ3) is 3.60. The summed E-state index contributed by atoms with van der Waals surface area (Å²) in [4.78, 5) is 28.2. The van der Waals surface area contributed by atoms with E-state index >= 15 is 0 Å². The average molecular weight is 334 g/mol. The van der Waals surface area contributed by atoms with E-state index in [4.69, 9.17) is 0 Å². The van der Waals surface area contributed by atoms with E-state index in [0.717, 1.165) is 12.1 Å². The van der Waals surface area contributed by atoms with Crippen molar-refractivity contribution in [2.75, 3.05) is 37.6 Å². The van der Waals surface area contributed by atoms with Crippen LogP contribution >= 0.6 is 0 Å². The molecule has 2 aliphatic heterocycles. The number of amides is 3. The molecule has 2 saturated heterocycles. The van der Waals surface area contributed by atoms with Crippen LogP contribution in [-0.2, 0) is 4.79 Å². The van der Waals surface area contributed by atoms with Gasteiger partial charge in [0.15, 0.2) is 0 Å². The minimum atomic E-state index is -0.457. The maximum absolute atomic E-state index is 13.0. The fraction of sp³-hybridized carbons (Fsp3) is 0.529. The van der Waals surface area contributed by atoms with Gasteiger partial charge in [-0.1, -0.05) is 6.92 Å². The highest BCUT2D eigenvalue weighted by Gasteiger charge is 2.32. The van der Waals surface area contributed by atoms with Gasteiger partial charge in [0.25, 0.3) is 0 Å². The Kier molecular flexibility index (Phi) is 4.87. The first-order valence-electron chi connectivity index (χ1n) is 8.38. The van der Waals surface area contributed by atoms with E-state index in [-0.39, 0.29) is 23.7 Å². The number of urea groups is 1. The van der Waals surface area contributed by atoms with E-state index < -0.39 is 6.04 Å². The van der Waals surface area contributed by atoms with Crippen molar-refractivity contribution < 1.29 is 14.0 Å². The van der Waals surface area contributed by atoms with Crippen molar-refractivity contribution in [1.82, 2.24) is 15.5 Å². The Balaban J connectivity index is 1.53. The molecule has 0 saturated carbocycles. The zero-order chi connectivity index (χ0) is 17.1. The highest BCUT2D eigenvalue weighted by atomic mass is 19.1. The fourth-order valence-corrected chi connectivity index (χ4v) is 3.21. The van der Waals surface area contributed by atoms with Crippen LogP contribution in [0.1, 0.15) is 13.3 Å². The molecule has 2 unspecified atom stereocenters. The second kappa shape index (κ2) is 7.07. The van der Waals surface area contributed by atoms with Crippen LogP contribution in [0.3, 0.4) is 0 Å². The van der Waals surface area contributed by atoms with Crippen molar-refractivity contribution >= 4 is 17.6 Å². The van der Waals surface area contributed by atoms with Crippen molar-refractivity contribution in [3.05, 3.63) is 30.1 Å². The van der Waals surface area contributed by atoms with Crippen LogP contribution in [0.2, 0.25) is 0 Å². The Labute approximate surface area is 141 Å². The molecule has 130 valence electrons. The molecule has 2 fully saturated rings. The number of halogens is 1. The molecule has 1 aromatic rings. The molecular weight excluding hydrogens is 311 g/mol. The molecule has 1 aromatic carbocycles. The molecule has 6 nitrogen and oxygen atoms in total. The molecule has 3 rings (SSSR count). The van der Waals surface area contributed by atoms with Gasteiger partial charge in [0.05, 0.1) is 0 Å². The number of nitrogens with zero attached hydrogens (tertiary/aromatic N) is 2. The summed E-state index contributed by atoms with van der Waals surface area (Å²) in [5.74, 6) is -0.216. The van der Waals surface area contributed by atoms with E-state index in [1.54, 1.807) is 17.0 Å². The number of piperazine rings is 1. The predicted octanol–water partition coefficient (Wildman–Crippen LogP) is 1.18. The van der Waals surface area contributed by atoms with Gasteiger partial charge in [-0.2, -0.15) is 0 Å². The number of nitrogens with one attached hydrogen (secondary N) is 2. The smallest absolute Gasteiger partial charge is 0.318 e. The quantitative estimate of drug-likeness (QED) is 0.854. The number of carbonyl (C=O) groups is 2. The average Bonchev–Trinajstić information content (AvgIpc) is 2.59. The minimum Gasteiger partial charge on any atom is -0.368 e. The standard InChI is InChI=1S/C17H23FN4O2/c1-12-6-7-19-16(23)15(12)20-17(24)22-10-8-21(9-11-22)14-4-2-13(18)3-5-14/h2-5,12,15H,6-11H2,1H3,(H,19,23)(H,20,24). The van der Waals surface area contributed by atoms with Gasteiger partial charge in [-0.05, 0) is 36.6 Å². The van der Waals surface area contributed by atoms with Crippen LogP contribution in [0.4, 0.5) is 14.9 Å². The lowest BCUT2D eigenvalue weighted by Gasteiger charge is -2.37. The second-order valence-electron chi connectivity index (χ2n) is 6.43. The third-order valence-electron chi connectivity index (χ3n) is 4.79. The molecule has 0 aromatic heterocycles. The zero-order valence-electron chi connectivity index (χ0n) is 13.8. The van der Waals surface area contributed by atoms with E-state index in [2.05, 4.69) is 15.5 Å². The van der Waals surface area contributed by atoms with Crippen molar-refractivity contribution in [3.63, 3.8) is 0 Å². The van der Waals surface area contributed by atoms with Crippen molar-refractivity contribution in [2.24, 2.45) is 5.92 Å². The maximum atomic E-state index is 13.0. The largest absolute Gasteiger partial charge is 0.368 e. The topological polar surface area (TPSA) is 64.7 Å². The first-order chi connectivity index (χ1) is 11.5. The Bertz CT molecular complexity index is 599. The lowest BCUT2D eigenvalue weighted by Crippen LogP contribution is -2.59. The molecule has 2 atom stereocenters. The molecule has 2 heterocycles. The number of rotatable bonds is 2. The van der Waals surface area contributed by atoms with Crippen LogP contribution in [-0.4, -0.2) is 55.6 Å². The molecule has 0 radical (unpaired) electrons. The van der Waals surface area contributed by atoms with Gasteiger partial charge in [0.1, 0.15) is 11.9 Å². The van der Waals surface area contributed by atoms with E-state index in [1.807, 2.05) is 6.92 Å². The Morgan fingerprint density at radius 1 is 1.21 bits per heavy atom. The Morgan fingerprint density at radius 2 is 1.88 bits per heavy atom. The van der Waals surface area contributed by atoms with Crippen molar-refractivity contribution in [2.45, 2.75) is 19.4 Å². The summed E-state index contributed by atoms with van der Waals surface area (Å²) >= 11 is 0. The molecule has 0 spiro atoms. The first kappa shape index (κ1) is 16.5. The number of hydrogen-bond donors (Lipinski definition) is 2.